The molecule has 0 radical (unpaired) electrons. The topological polar surface area (TPSA) is 63.2 Å². The van der Waals surface area contributed by atoms with E-state index in [1.165, 1.54) is 17.7 Å². The van der Waals surface area contributed by atoms with Crippen LogP contribution in [-0.4, -0.2) is 26.1 Å². The van der Waals surface area contributed by atoms with Gasteiger partial charge < -0.3 is 5.32 Å². The monoisotopic (exact) mass is 409 g/mol. The minimum absolute atomic E-state index is 0.0231. The maximum atomic E-state index is 13.0. The van der Waals surface area contributed by atoms with Crippen LogP contribution in [0, 0.1) is 11.7 Å². The molecule has 7 heteroatoms. The average Bonchev–Trinajstić information content (AvgIpc) is 2.58. The maximum Gasteiger partial charge on any atom is 0.224 e. The molecule has 0 bridgehead atoms. The highest BCUT2D eigenvalue weighted by Gasteiger charge is 2.33. The van der Waals surface area contributed by atoms with Gasteiger partial charge in [0.25, 0.3) is 0 Å². The summed E-state index contributed by atoms with van der Waals surface area (Å²) >= 11 is 5.89. The van der Waals surface area contributed by atoms with E-state index < -0.39 is 21.6 Å². The van der Waals surface area contributed by atoms with Crippen LogP contribution in [0.4, 0.5) is 4.39 Å². The van der Waals surface area contributed by atoms with Crippen LogP contribution in [0.5, 0.6) is 0 Å². The Bertz CT molecular complexity index is 907. The van der Waals surface area contributed by atoms with Crippen LogP contribution >= 0.6 is 11.6 Å². The first kappa shape index (κ1) is 19.8. The number of hydrogen-bond donors (Lipinski definition) is 1. The molecule has 1 aliphatic rings. The molecular weight excluding hydrogens is 389 g/mol. The van der Waals surface area contributed by atoms with E-state index in [1.54, 1.807) is 6.92 Å². The third kappa shape index (κ3) is 4.87. The van der Waals surface area contributed by atoms with Crippen molar-refractivity contribution in [2.24, 2.45) is 5.92 Å². The molecule has 1 aliphatic carbocycles. The fraction of sp³-hybridized carbons (Fsp3) is 0.350. The van der Waals surface area contributed by atoms with Crippen molar-refractivity contribution in [2.45, 2.75) is 36.6 Å². The Balaban J connectivity index is 1.51. The lowest BCUT2D eigenvalue weighted by Gasteiger charge is -2.36. The number of halogens is 2. The van der Waals surface area contributed by atoms with Crippen LogP contribution in [0.25, 0.3) is 0 Å². The number of carbonyl (C=O) groups excluding carboxylic acids is 1. The van der Waals surface area contributed by atoms with E-state index in [2.05, 4.69) is 5.32 Å². The predicted molar refractivity (Wildman–Crippen MR) is 103 cm³/mol. The Morgan fingerprint density at radius 2 is 1.74 bits per heavy atom. The first-order valence-electron chi connectivity index (χ1n) is 8.79. The van der Waals surface area contributed by atoms with Crippen LogP contribution in [0.1, 0.15) is 31.2 Å². The molecule has 0 spiro atoms. The lowest BCUT2D eigenvalue weighted by molar-refractivity contribution is -0.125. The molecule has 144 valence electrons. The number of nitrogens with one attached hydrogen (secondary N) is 1. The molecule has 1 fully saturated rings. The molecule has 0 heterocycles. The van der Waals surface area contributed by atoms with Crippen LogP contribution in [0.3, 0.4) is 0 Å². The number of carbonyl (C=O) groups is 1. The minimum Gasteiger partial charge on any atom is -0.353 e. The second kappa shape index (κ2) is 7.98. The third-order valence-corrected chi connectivity index (χ3v) is 7.10. The molecule has 4 nitrogen and oxygen atoms in total. The van der Waals surface area contributed by atoms with Crippen LogP contribution in [0.15, 0.2) is 53.4 Å². The van der Waals surface area contributed by atoms with E-state index in [1.807, 2.05) is 24.3 Å². The summed E-state index contributed by atoms with van der Waals surface area (Å²) in [4.78, 5) is 12.4. The first-order valence-corrected chi connectivity index (χ1v) is 10.8. The lowest BCUT2D eigenvalue weighted by atomic mass is 9.76. The molecule has 0 unspecified atom stereocenters. The molecule has 1 atom stereocenters. The number of rotatable bonds is 6. The van der Waals surface area contributed by atoms with Gasteiger partial charge in [-0.1, -0.05) is 30.7 Å². The Hall–Kier alpha value is -1.92. The highest BCUT2D eigenvalue weighted by Crippen LogP contribution is 2.37. The molecule has 0 aromatic heterocycles. The Kier molecular flexibility index (Phi) is 5.86. The van der Waals surface area contributed by atoms with Crippen LogP contribution < -0.4 is 5.32 Å². The van der Waals surface area contributed by atoms with Crippen LogP contribution in [0.2, 0.25) is 5.02 Å². The quantitative estimate of drug-likeness (QED) is 0.735. The summed E-state index contributed by atoms with van der Waals surface area (Å²) in [5.74, 6) is -1.39. The smallest absolute Gasteiger partial charge is 0.224 e. The molecule has 1 amide bonds. The molecule has 1 N–H and O–H groups in total. The summed E-state index contributed by atoms with van der Waals surface area (Å²) in [5.41, 5.74) is 1.19. The average molecular weight is 410 g/mol. The minimum atomic E-state index is -3.64. The summed E-state index contributed by atoms with van der Waals surface area (Å²) in [6.07, 6.45) is 1.65. The molecule has 0 aliphatic heterocycles. The Morgan fingerprint density at radius 1 is 1.15 bits per heavy atom. The third-order valence-electron chi connectivity index (χ3n) is 4.92. The van der Waals surface area contributed by atoms with Crippen molar-refractivity contribution in [3.8, 4) is 0 Å². The van der Waals surface area contributed by atoms with Crippen molar-refractivity contribution < 1.29 is 17.6 Å². The number of amides is 1. The van der Waals surface area contributed by atoms with Gasteiger partial charge in [0.05, 0.1) is 10.6 Å². The summed E-state index contributed by atoms with van der Waals surface area (Å²) in [7, 11) is -3.64. The fourth-order valence-electron chi connectivity index (χ4n) is 3.23. The summed E-state index contributed by atoms with van der Waals surface area (Å²) in [6, 6.07) is 12.4. The second-order valence-electron chi connectivity index (χ2n) is 7.06. The highest BCUT2D eigenvalue weighted by molar-refractivity contribution is 7.91. The van der Waals surface area contributed by atoms with Crippen molar-refractivity contribution in [1.29, 1.82) is 0 Å². The van der Waals surface area contributed by atoms with Gasteiger partial charge >= 0.3 is 0 Å². The first-order chi connectivity index (χ1) is 12.7. The molecule has 3 rings (SSSR count). The van der Waals surface area contributed by atoms with E-state index in [0.717, 1.165) is 25.0 Å². The molecule has 0 saturated heterocycles. The number of hydrogen-bond acceptors (Lipinski definition) is 3. The summed E-state index contributed by atoms with van der Waals surface area (Å²) in [5, 5.41) is 3.61. The number of benzene rings is 2. The number of sulfone groups is 1. The van der Waals surface area contributed by atoms with Gasteiger partial charge in [0.15, 0.2) is 9.84 Å². The van der Waals surface area contributed by atoms with Crippen molar-refractivity contribution in [3.05, 3.63) is 64.9 Å². The van der Waals surface area contributed by atoms with Gasteiger partial charge in [-0.3, -0.25) is 4.79 Å². The van der Waals surface area contributed by atoms with Gasteiger partial charge in [-0.25, -0.2) is 12.8 Å². The van der Waals surface area contributed by atoms with Gasteiger partial charge in [-0.2, -0.15) is 0 Å². The van der Waals surface area contributed by atoms with Crippen molar-refractivity contribution >= 4 is 27.3 Å². The highest BCUT2D eigenvalue weighted by atomic mass is 35.5. The standard InChI is InChI=1S/C20H21ClFNO3S/c1-13(12-27(25,26)19-8-6-17(22)7-9-19)20(24)23-18-10-15(11-18)14-2-4-16(21)5-3-14/h2-9,13,15,18H,10-12H2,1H3,(H,23,24)/t13-,15?,18?/m1/s1. The van der Waals surface area contributed by atoms with Crippen molar-refractivity contribution in [2.75, 3.05) is 5.75 Å². The summed E-state index contributed by atoms with van der Waals surface area (Å²) < 4.78 is 37.7. The zero-order valence-corrected chi connectivity index (χ0v) is 16.4. The molecule has 1 saturated carbocycles. The van der Waals surface area contributed by atoms with E-state index in [-0.39, 0.29) is 22.6 Å². The lowest BCUT2D eigenvalue weighted by Crippen LogP contribution is -2.46. The van der Waals surface area contributed by atoms with Gasteiger partial charge in [-0.05, 0) is 60.7 Å². The second-order valence-corrected chi connectivity index (χ2v) is 9.53. The van der Waals surface area contributed by atoms with E-state index in [4.69, 9.17) is 11.6 Å². The van der Waals surface area contributed by atoms with Gasteiger partial charge in [-0.15, -0.1) is 0 Å². The molecule has 2 aromatic rings. The molecule has 2 aromatic carbocycles. The maximum absolute atomic E-state index is 13.0. The Labute approximate surface area is 163 Å². The Morgan fingerprint density at radius 3 is 2.33 bits per heavy atom. The van der Waals surface area contributed by atoms with Gasteiger partial charge in [0, 0.05) is 17.0 Å². The van der Waals surface area contributed by atoms with Crippen molar-refractivity contribution in [3.63, 3.8) is 0 Å². The van der Waals surface area contributed by atoms with Crippen molar-refractivity contribution in [1.82, 2.24) is 5.32 Å². The van der Waals surface area contributed by atoms with E-state index in [9.17, 15) is 17.6 Å². The van der Waals surface area contributed by atoms with E-state index in [0.29, 0.717) is 10.9 Å². The zero-order valence-electron chi connectivity index (χ0n) is 14.9. The molecular formula is C20H21ClFNO3S. The SMILES string of the molecule is C[C@H](CS(=O)(=O)c1ccc(F)cc1)C(=O)NC1CC(c2ccc(Cl)cc2)C1. The predicted octanol–water partition coefficient (Wildman–Crippen LogP) is 3.95. The largest absolute Gasteiger partial charge is 0.353 e. The summed E-state index contributed by atoms with van der Waals surface area (Å²) in [6.45, 7) is 1.59. The zero-order chi connectivity index (χ0) is 19.6. The van der Waals surface area contributed by atoms with E-state index >= 15 is 0 Å². The fourth-order valence-corrected chi connectivity index (χ4v) is 4.91. The molecule has 27 heavy (non-hydrogen) atoms. The normalized spacial score (nSPS) is 20.6. The van der Waals surface area contributed by atoms with Crippen LogP contribution in [-0.2, 0) is 14.6 Å². The van der Waals surface area contributed by atoms with Gasteiger partial charge in [0.2, 0.25) is 5.91 Å². The van der Waals surface area contributed by atoms with Gasteiger partial charge in [0.1, 0.15) is 5.82 Å².